The number of anilines is 1. The second-order valence-electron chi connectivity index (χ2n) is 6.16. The van der Waals surface area contributed by atoms with E-state index < -0.39 is 5.97 Å². The molecule has 0 unspecified atom stereocenters. The van der Waals surface area contributed by atoms with E-state index in [1.807, 2.05) is 19.9 Å². The van der Waals surface area contributed by atoms with Crippen molar-refractivity contribution in [2.75, 3.05) is 24.6 Å². The van der Waals surface area contributed by atoms with Gasteiger partial charge in [0.15, 0.2) is 6.61 Å². The van der Waals surface area contributed by atoms with E-state index in [1.165, 1.54) is 0 Å². The van der Waals surface area contributed by atoms with Gasteiger partial charge in [-0.05, 0) is 38.1 Å². The fourth-order valence-corrected chi connectivity index (χ4v) is 3.82. The van der Waals surface area contributed by atoms with Crippen molar-refractivity contribution in [3.8, 4) is 0 Å². The predicted octanol–water partition coefficient (Wildman–Crippen LogP) is 3.45. The van der Waals surface area contributed by atoms with Crippen molar-refractivity contribution < 1.29 is 19.1 Å². The molecule has 6 nitrogen and oxygen atoms in total. The van der Waals surface area contributed by atoms with Crippen molar-refractivity contribution in [1.29, 1.82) is 0 Å². The lowest BCUT2D eigenvalue weighted by atomic mass is 10.2. The lowest BCUT2D eigenvalue weighted by Crippen LogP contribution is -2.45. The van der Waals surface area contributed by atoms with Crippen molar-refractivity contribution in [3.05, 3.63) is 45.4 Å². The molecular weight excluding hydrogens is 376 g/mol. The van der Waals surface area contributed by atoms with Gasteiger partial charge in [-0.3, -0.25) is 4.79 Å². The summed E-state index contributed by atoms with van der Waals surface area (Å²) in [5, 5.41) is 0. The number of morpholine rings is 1. The normalized spacial score (nSPS) is 20.0. The third-order valence-electron chi connectivity index (χ3n) is 3.92. The van der Waals surface area contributed by atoms with Crippen molar-refractivity contribution in [3.63, 3.8) is 0 Å². The van der Waals surface area contributed by atoms with Crippen LogP contribution in [0.4, 0.5) is 5.69 Å². The minimum Gasteiger partial charge on any atom is -0.453 e. The number of nitrogens with zero attached hydrogens (tertiary/aromatic N) is 2. The summed E-state index contributed by atoms with van der Waals surface area (Å²) in [6, 6.07) is 6.78. The van der Waals surface area contributed by atoms with Gasteiger partial charge in [-0.2, -0.15) is 0 Å². The molecule has 8 heteroatoms. The first-order valence-electron chi connectivity index (χ1n) is 8.24. The van der Waals surface area contributed by atoms with Crippen LogP contribution in [0.2, 0.25) is 4.34 Å². The second kappa shape index (κ2) is 8.16. The Morgan fingerprint density at radius 1 is 1.31 bits per heavy atom. The van der Waals surface area contributed by atoms with Gasteiger partial charge in [-0.1, -0.05) is 11.6 Å². The van der Waals surface area contributed by atoms with Crippen LogP contribution in [0.3, 0.4) is 0 Å². The molecule has 3 rings (SSSR count). The number of halogens is 1. The Labute approximate surface area is 160 Å². The molecule has 0 aliphatic carbocycles. The first-order chi connectivity index (χ1) is 12.4. The van der Waals surface area contributed by atoms with Crippen LogP contribution in [0.5, 0.6) is 0 Å². The van der Waals surface area contributed by atoms with Gasteiger partial charge in [0.1, 0.15) is 5.69 Å². The van der Waals surface area contributed by atoms with Crippen molar-refractivity contribution in [1.82, 2.24) is 4.98 Å². The van der Waals surface area contributed by atoms with Crippen LogP contribution in [0.1, 0.15) is 34.0 Å². The SMILES string of the molecule is C[C@@H]1CN(c2ccnc(C(=O)OCC(=O)c3ccc(Cl)s3)c2)C[C@H](C)O1. The number of pyridine rings is 1. The number of esters is 1. The first-order valence-corrected chi connectivity index (χ1v) is 9.44. The molecule has 2 aromatic heterocycles. The molecule has 1 aliphatic heterocycles. The molecule has 1 aliphatic rings. The fourth-order valence-electron chi connectivity index (χ4n) is 2.86. The Bertz CT molecular complexity index is 800. The van der Waals surface area contributed by atoms with Crippen LogP contribution < -0.4 is 4.90 Å². The zero-order valence-electron chi connectivity index (χ0n) is 14.5. The molecule has 0 bridgehead atoms. The number of rotatable bonds is 5. The predicted molar refractivity (Wildman–Crippen MR) is 100 cm³/mol. The average Bonchev–Trinajstić information content (AvgIpc) is 3.05. The van der Waals surface area contributed by atoms with E-state index >= 15 is 0 Å². The molecule has 0 spiro atoms. The molecule has 2 atom stereocenters. The number of hydrogen-bond acceptors (Lipinski definition) is 7. The van der Waals surface area contributed by atoms with E-state index in [0.29, 0.717) is 9.21 Å². The van der Waals surface area contributed by atoms with Crippen LogP contribution in [0, 0.1) is 0 Å². The minimum atomic E-state index is -0.628. The number of thiophene rings is 1. The monoisotopic (exact) mass is 394 g/mol. The average molecular weight is 395 g/mol. The Hall–Kier alpha value is -1.96. The third kappa shape index (κ3) is 4.60. The lowest BCUT2D eigenvalue weighted by Gasteiger charge is -2.36. The zero-order chi connectivity index (χ0) is 18.7. The van der Waals surface area contributed by atoms with Gasteiger partial charge in [0, 0.05) is 25.0 Å². The summed E-state index contributed by atoms with van der Waals surface area (Å²) in [5.41, 5.74) is 1.05. The van der Waals surface area contributed by atoms with E-state index in [1.54, 1.807) is 24.4 Å². The van der Waals surface area contributed by atoms with E-state index in [2.05, 4.69) is 9.88 Å². The maximum absolute atomic E-state index is 12.2. The molecule has 3 heterocycles. The highest BCUT2D eigenvalue weighted by Gasteiger charge is 2.23. The molecule has 0 radical (unpaired) electrons. The zero-order valence-corrected chi connectivity index (χ0v) is 16.0. The number of hydrogen-bond donors (Lipinski definition) is 0. The highest BCUT2D eigenvalue weighted by atomic mass is 35.5. The highest BCUT2D eigenvalue weighted by molar-refractivity contribution is 7.18. The van der Waals surface area contributed by atoms with E-state index in [9.17, 15) is 9.59 Å². The van der Waals surface area contributed by atoms with Crippen molar-refractivity contribution >= 4 is 40.4 Å². The number of ether oxygens (including phenoxy) is 2. The number of aromatic nitrogens is 1. The number of Topliss-reactive ketones (excluding diaryl/α,β-unsaturated/α-hetero) is 1. The van der Waals surface area contributed by atoms with Crippen molar-refractivity contribution in [2.45, 2.75) is 26.1 Å². The summed E-state index contributed by atoms with van der Waals surface area (Å²) < 4.78 is 11.4. The van der Waals surface area contributed by atoms with Gasteiger partial charge >= 0.3 is 5.97 Å². The molecule has 1 fully saturated rings. The van der Waals surface area contributed by atoms with Crippen LogP contribution in [0.25, 0.3) is 0 Å². The molecule has 2 aromatic rings. The van der Waals surface area contributed by atoms with E-state index in [-0.39, 0.29) is 30.3 Å². The Morgan fingerprint density at radius 2 is 2.04 bits per heavy atom. The number of carbonyl (C=O) groups excluding carboxylic acids is 2. The van der Waals surface area contributed by atoms with E-state index in [4.69, 9.17) is 21.1 Å². The maximum atomic E-state index is 12.2. The van der Waals surface area contributed by atoms with Gasteiger partial charge in [0.2, 0.25) is 5.78 Å². The molecule has 0 saturated carbocycles. The van der Waals surface area contributed by atoms with Gasteiger partial charge in [0.05, 0.1) is 21.4 Å². The quantitative estimate of drug-likeness (QED) is 0.571. The number of ketones is 1. The molecule has 1 saturated heterocycles. The smallest absolute Gasteiger partial charge is 0.357 e. The highest BCUT2D eigenvalue weighted by Crippen LogP contribution is 2.23. The summed E-state index contributed by atoms with van der Waals surface area (Å²) >= 11 is 6.97. The summed E-state index contributed by atoms with van der Waals surface area (Å²) in [7, 11) is 0. The van der Waals surface area contributed by atoms with Crippen LogP contribution >= 0.6 is 22.9 Å². The Kier molecular flexibility index (Phi) is 5.90. The second-order valence-corrected chi connectivity index (χ2v) is 7.88. The van der Waals surface area contributed by atoms with Gasteiger partial charge < -0.3 is 14.4 Å². The standard InChI is InChI=1S/C18H19ClN2O4S/c1-11-8-21(9-12(2)25-11)13-5-6-20-14(7-13)18(23)24-10-15(22)16-3-4-17(19)26-16/h3-7,11-12H,8-10H2,1-2H3/t11-,12+. The van der Waals surface area contributed by atoms with Crippen LogP contribution in [-0.2, 0) is 9.47 Å². The van der Waals surface area contributed by atoms with Gasteiger partial charge in [-0.25, -0.2) is 9.78 Å². The van der Waals surface area contributed by atoms with Gasteiger partial charge in [0.25, 0.3) is 0 Å². The van der Waals surface area contributed by atoms with E-state index in [0.717, 1.165) is 30.1 Å². The summed E-state index contributed by atoms with van der Waals surface area (Å²) in [6.45, 7) is 5.16. The number of carbonyl (C=O) groups is 2. The fraction of sp³-hybridized carbons (Fsp3) is 0.389. The molecule has 0 amide bonds. The molecule has 138 valence electrons. The lowest BCUT2D eigenvalue weighted by molar-refractivity contribution is -0.00522. The van der Waals surface area contributed by atoms with Crippen LogP contribution in [0.15, 0.2) is 30.5 Å². The third-order valence-corrected chi connectivity index (χ3v) is 5.19. The molecule has 26 heavy (non-hydrogen) atoms. The van der Waals surface area contributed by atoms with Crippen molar-refractivity contribution in [2.24, 2.45) is 0 Å². The molecule has 0 aromatic carbocycles. The first kappa shape index (κ1) is 18.8. The minimum absolute atomic E-state index is 0.109. The summed E-state index contributed by atoms with van der Waals surface area (Å²) in [6.07, 6.45) is 1.78. The van der Waals surface area contributed by atoms with Crippen LogP contribution in [-0.4, -0.2) is 48.6 Å². The largest absolute Gasteiger partial charge is 0.453 e. The van der Waals surface area contributed by atoms with Gasteiger partial charge in [-0.15, -0.1) is 11.3 Å². The molecule has 0 N–H and O–H groups in total. The Morgan fingerprint density at radius 3 is 2.69 bits per heavy atom. The topological polar surface area (TPSA) is 68.7 Å². The molecular formula is C18H19ClN2O4S. The summed E-state index contributed by atoms with van der Waals surface area (Å²) in [4.78, 5) is 30.9. The summed E-state index contributed by atoms with van der Waals surface area (Å²) in [5.74, 6) is -0.917. The maximum Gasteiger partial charge on any atom is 0.357 e. The Balaban J connectivity index is 1.63.